The normalized spacial score (nSPS) is 11.7. The fourth-order valence-electron chi connectivity index (χ4n) is 3.40. The van der Waals surface area contributed by atoms with Gasteiger partial charge in [-0.25, -0.2) is 4.68 Å². The first kappa shape index (κ1) is 19.5. The molecule has 2 aromatic heterocycles. The summed E-state index contributed by atoms with van der Waals surface area (Å²) in [6.07, 6.45) is 1.89. The van der Waals surface area contributed by atoms with Gasteiger partial charge in [0.25, 0.3) is 11.5 Å². The number of aryl methyl sites for hydroxylation is 2. The van der Waals surface area contributed by atoms with Crippen LogP contribution < -0.4 is 11.0 Å². The number of pyridine rings is 1. The van der Waals surface area contributed by atoms with Crippen molar-refractivity contribution in [1.82, 2.24) is 14.3 Å². The molecule has 0 aliphatic rings. The number of hydrogen-bond donors (Lipinski definition) is 0. The van der Waals surface area contributed by atoms with Gasteiger partial charge < -0.3 is 4.57 Å². The van der Waals surface area contributed by atoms with Crippen molar-refractivity contribution in [2.75, 3.05) is 0 Å². The molecule has 4 aromatic rings. The van der Waals surface area contributed by atoms with E-state index in [0.29, 0.717) is 23.1 Å². The Bertz CT molecular complexity index is 1350. The van der Waals surface area contributed by atoms with E-state index >= 15 is 0 Å². The van der Waals surface area contributed by atoms with E-state index in [1.165, 1.54) is 10.2 Å². The fraction of sp³-hybridized carbons (Fsp3) is 0.167. The third-order valence-corrected chi connectivity index (χ3v) is 4.97. The van der Waals surface area contributed by atoms with Crippen molar-refractivity contribution in [2.45, 2.75) is 26.9 Å². The van der Waals surface area contributed by atoms with Crippen LogP contribution in [0.15, 0.2) is 82.7 Å². The van der Waals surface area contributed by atoms with E-state index in [1.807, 2.05) is 48.9 Å². The average Bonchev–Trinajstić information content (AvgIpc) is 2.75. The summed E-state index contributed by atoms with van der Waals surface area (Å²) in [5, 5.41) is 5.64. The van der Waals surface area contributed by atoms with Crippen molar-refractivity contribution >= 4 is 16.7 Å². The van der Waals surface area contributed by atoms with Gasteiger partial charge in [0.2, 0.25) is 0 Å². The van der Waals surface area contributed by atoms with Gasteiger partial charge in [0.1, 0.15) is 12.0 Å². The Morgan fingerprint density at radius 3 is 2.40 bits per heavy atom. The van der Waals surface area contributed by atoms with Crippen LogP contribution in [0.5, 0.6) is 0 Å². The third-order valence-electron chi connectivity index (χ3n) is 4.97. The first-order valence-electron chi connectivity index (χ1n) is 9.76. The molecule has 6 nitrogen and oxygen atoms in total. The van der Waals surface area contributed by atoms with Gasteiger partial charge in [-0.15, -0.1) is 0 Å². The molecule has 0 saturated carbocycles. The molecule has 0 aliphatic heterocycles. The lowest BCUT2D eigenvalue weighted by molar-refractivity contribution is -0.118. The first-order valence-corrected chi connectivity index (χ1v) is 9.76. The lowest BCUT2D eigenvalue weighted by atomic mass is 10.1. The van der Waals surface area contributed by atoms with E-state index in [0.717, 1.165) is 10.9 Å². The van der Waals surface area contributed by atoms with Crippen molar-refractivity contribution in [3.05, 3.63) is 106 Å². The van der Waals surface area contributed by atoms with Crippen molar-refractivity contribution in [1.29, 1.82) is 0 Å². The molecule has 0 fully saturated rings. The zero-order chi connectivity index (χ0) is 21.1. The summed E-state index contributed by atoms with van der Waals surface area (Å²) in [5.74, 6) is -0.428. The Morgan fingerprint density at radius 2 is 1.63 bits per heavy atom. The van der Waals surface area contributed by atoms with Crippen LogP contribution in [0.25, 0.3) is 10.8 Å². The van der Waals surface area contributed by atoms with Crippen LogP contribution in [0, 0.1) is 13.8 Å². The maximum absolute atomic E-state index is 12.7. The second kappa shape index (κ2) is 8.29. The standard InChI is InChI=1S/C24H22N4O2/c1-17-10-12-19(13-11-17)15-27-14-6-5-9-22(27)25-23(29)16-28-24(30)21-8-4-3-7-20(21)18(2)26-28/h3-14H,15-16H2,1-2H3. The predicted molar refractivity (Wildman–Crippen MR) is 116 cm³/mol. The summed E-state index contributed by atoms with van der Waals surface area (Å²) in [6, 6.07) is 21.0. The van der Waals surface area contributed by atoms with Crippen molar-refractivity contribution in [2.24, 2.45) is 4.99 Å². The Labute approximate surface area is 173 Å². The topological polar surface area (TPSA) is 69.2 Å². The molecule has 0 saturated heterocycles. The lowest BCUT2D eigenvalue weighted by Crippen LogP contribution is -2.29. The van der Waals surface area contributed by atoms with E-state index in [1.54, 1.807) is 18.2 Å². The van der Waals surface area contributed by atoms with Gasteiger partial charge in [-0.3, -0.25) is 9.59 Å². The Hall–Kier alpha value is -3.80. The smallest absolute Gasteiger partial charge is 0.275 e. The van der Waals surface area contributed by atoms with Crippen molar-refractivity contribution in [3.8, 4) is 0 Å². The molecule has 1 amide bonds. The Balaban J connectivity index is 1.64. The van der Waals surface area contributed by atoms with Crippen LogP contribution in [0.2, 0.25) is 0 Å². The molecule has 0 bridgehead atoms. The van der Waals surface area contributed by atoms with Crippen LogP contribution in [0.4, 0.5) is 0 Å². The number of aromatic nitrogens is 3. The molecule has 0 atom stereocenters. The molecule has 0 unspecified atom stereocenters. The maximum Gasteiger partial charge on any atom is 0.275 e. The van der Waals surface area contributed by atoms with E-state index in [-0.39, 0.29) is 12.1 Å². The zero-order valence-electron chi connectivity index (χ0n) is 16.9. The zero-order valence-corrected chi connectivity index (χ0v) is 16.9. The molecular formula is C24H22N4O2. The number of fused-ring (bicyclic) bond motifs is 1. The molecule has 2 aromatic carbocycles. The summed E-state index contributed by atoms with van der Waals surface area (Å²) >= 11 is 0. The quantitative estimate of drug-likeness (QED) is 0.531. The molecule has 0 radical (unpaired) electrons. The monoisotopic (exact) mass is 398 g/mol. The number of nitrogens with zero attached hydrogens (tertiary/aromatic N) is 4. The molecule has 0 spiro atoms. The van der Waals surface area contributed by atoms with Gasteiger partial charge in [0.05, 0.1) is 11.1 Å². The van der Waals surface area contributed by atoms with Crippen LogP contribution in [-0.4, -0.2) is 20.3 Å². The number of rotatable bonds is 4. The predicted octanol–water partition coefficient (Wildman–Crippen LogP) is 2.99. The van der Waals surface area contributed by atoms with E-state index in [2.05, 4.69) is 34.4 Å². The van der Waals surface area contributed by atoms with E-state index in [9.17, 15) is 9.59 Å². The minimum Gasteiger partial charge on any atom is -0.328 e. The van der Waals surface area contributed by atoms with Gasteiger partial charge in [-0.1, -0.05) is 54.1 Å². The van der Waals surface area contributed by atoms with Crippen LogP contribution in [-0.2, 0) is 17.9 Å². The number of amides is 1. The molecule has 6 heteroatoms. The first-order chi connectivity index (χ1) is 14.5. The van der Waals surface area contributed by atoms with E-state index < -0.39 is 5.91 Å². The van der Waals surface area contributed by atoms with Crippen molar-refractivity contribution < 1.29 is 4.79 Å². The van der Waals surface area contributed by atoms with Gasteiger partial charge in [0.15, 0.2) is 0 Å². The van der Waals surface area contributed by atoms with Gasteiger partial charge in [-0.05, 0) is 37.6 Å². The summed E-state index contributed by atoms with van der Waals surface area (Å²) in [6.45, 7) is 4.26. The average molecular weight is 398 g/mol. The third kappa shape index (κ3) is 4.12. The molecular weight excluding hydrogens is 376 g/mol. The molecule has 0 N–H and O–H groups in total. The second-order valence-corrected chi connectivity index (χ2v) is 7.27. The molecule has 30 heavy (non-hydrogen) atoms. The Morgan fingerprint density at radius 1 is 0.933 bits per heavy atom. The van der Waals surface area contributed by atoms with E-state index in [4.69, 9.17) is 0 Å². The highest BCUT2D eigenvalue weighted by Gasteiger charge is 2.10. The Kier molecular flexibility index (Phi) is 5.39. The van der Waals surface area contributed by atoms with Crippen LogP contribution in [0.3, 0.4) is 0 Å². The highest BCUT2D eigenvalue weighted by atomic mass is 16.2. The summed E-state index contributed by atoms with van der Waals surface area (Å²) in [4.78, 5) is 29.6. The second-order valence-electron chi connectivity index (χ2n) is 7.27. The number of carbonyl (C=O) groups is 1. The molecule has 4 rings (SSSR count). The number of carbonyl (C=O) groups excluding carboxylic acids is 1. The summed E-state index contributed by atoms with van der Waals surface area (Å²) < 4.78 is 3.10. The molecule has 0 aliphatic carbocycles. The lowest BCUT2D eigenvalue weighted by Gasteiger charge is -2.09. The van der Waals surface area contributed by atoms with Crippen molar-refractivity contribution in [3.63, 3.8) is 0 Å². The minimum atomic E-state index is -0.428. The van der Waals surface area contributed by atoms with Crippen LogP contribution >= 0.6 is 0 Å². The number of benzene rings is 2. The van der Waals surface area contributed by atoms with Gasteiger partial charge in [0, 0.05) is 18.1 Å². The maximum atomic E-state index is 12.7. The van der Waals surface area contributed by atoms with Crippen LogP contribution in [0.1, 0.15) is 16.8 Å². The fourth-order valence-corrected chi connectivity index (χ4v) is 3.40. The largest absolute Gasteiger partial charge is 0.328 e. The molecule has 2 heterocycles. The highest BCUT2D eigenvalue weighted by Crippen LogP contribution is 2.11. The van der Waals surface area contributed by atoms with Gasteiger partial charge >= 0.3 is 0 Å². The SMILES string of the molecule is Cc1ccc(Cn2ccccc2=NC(=O)Cn2nc(C)c3ccccc3c2=O)cc1. The summed E-state index contributed by atoms with van der Waals surface area (Å²) in [7, 11) is 0. The highest BCUT2D eigenvalue weighted by molar-refractivity contribution is 5.83. The number of hydrogen-bond acceptors (Lipinski definition) is 3. The van der Waals surface area contributed by atoms with Gasteiger partial charge in [-0.2, -0.15) is 10.1 Å². The minimum absolute atomic E-state index is 0.204. The molecule has 150 valence electrons. The summed E-state index contributed by atoms with van der Waals surface area (Å²) in [5.41, 5.74) is 3.25.